The van der Waals surface area contributed by atoms with Crippen LogP contribution in [0.15, 0.2) is 47.6 Å². The van der Waals surface area contributed by atoms with Gasteiger partial charge in [0.15, 0.2) is 0 Å². The fourth-order valence-electron chi connectivity index (χ4n) is 1.58. The molecule has 0 spiro atoms. The molecule has 0 aliphatic heterocycles. The van der Waals surface area contributed by atoms with E-state index in [4.69, 9.17) is 9.57 Å². The molecule has 0 unspecified atom stereocenters. The highest BCUT2D eigenvalue weighted by molar-refractivity contribution is 6.41. The van der Waals surface area contributed by atoms with Crippen LogP contribution >= 0.6 is 0 Å². The van der Waals surface area contributed by atoms with Gasteiger partial charge in [0.25, 0.3) is 0 Å². The lowest BCUT2D eigenvalue weighted by Gasteiger charge is -2.13. The number of rotatable bonds is 7. The molecular weight excluding hydrogens is 280 g/mol. The van der Waals surface area contributed by atoms with Crippen LogP contribution in [0.4, 0.5) is 0 Å². The number of aliphatic imine (C=N–C) groups is 1. The molecule has 1 rings (SSSR count). The van der Waals surface area contributed by atoms with Crippen molar-refractivity contribution in [2.75, 3.05) is 6.61 Å². The molecule has 1 aromatic rings. The molecule has 0 aliphatic rings. The van der Waals surface area contributed by atoms with E-state index < -0.39 is 5.97 Å². The number of carbonyl (C=O) groups is 1. The van der Waals surface area contributed by atoms with E-state index in [0.29, 0.717) is 13.2 Å². The summed E-state index contributed by atoms with van der Waals surface area (Å²) in [5, 5.41) is 0. The maximum atomic E-state index is 11.8. The minimum Gasteiger partial charge on any atom is -0.461 e. The maximum absolute atomic E-state index is 11.8. The van der Waals surface area contributed by atoms with Crippen molar-refractivity contribution in [3.63, 3.8) is 0 Å². The van der Waals surface area contributed by atoms with Crippen molar-refractivity contribution in [3.8, 4) is 0 Å². The van der Waals surface area contributed by atoms with Crippen LogP contribution in [-0.2, 0) is 21.0 Å². The second-order valence-electron chi connectivity index (χ2n) is 5.61. The molecule has 5 heteroatoms. The van der Waals surface area contributed by atoms with E-state index in [0.717, 1.165) is 5.56 Å². The van der Waals surface area contributed by atoms with Gasteiger partial charge in [-0.25, -0.2) is 4.79 Å². The Morgan fingerprint density at radius 2 is 1.95 bits per heavy atom. The van der Waals surface area contributed by atoms with Crippen LogP contribution in [0.1, 0.15) is 33.3 Å². The maximum Gasteiger partial charge on any atom is 0.356 e. The molecule has 0 radical (unpaired) electrons. The second kappa shape index (κ2) is 9.00. The van der Waals surface area contributed by atoms with Gasteiger partial charge in [-0.05, 0) is 39.3 Å². The number of esters is 1. The molecule has 0 atom stereocenters. The first-order valence-corrected chi connectivity index (χ1v) is 7.27. The van der Waals surface area contributed by atoms with Crippen LogP contribution in [-0.4, -0.2) is 23.8 Å². The topological polar surface area (TPSA) is 59.9 Å². The van der Waals surface area contributed by atoms with E-state index in [2.05, 4.69) is 10.5 Å². The van der Waals surface area contributed by atoms with Crippen LogP contribution < -0.4 is 5.48 Å². The average Bonchev–Trinajstić information content (AvgIpc) is 2.46. The molecule has 0 saturated heterocycles. The number of ether oxygens (including phenoxy) is 1. The van der Waals surface area contributed by atoms with Gasteiger partial charge in [0.05, 0.1) is 18.8 Å². The first-order valence-electron chi connectivity index (χ1n) is 7.27. The van der Waals surface area contributed by atoms with Crippen LogP contribution in [0.5, 0.6) is 0 Å². The summed E-state index contributed by atoms with van der Waals surface area (Å²) in [5.74, 6) is -0.446. The van der Waals surface area contributed by atoms with Gasteiger partial charge < -0.3 is 4.74 Å². The summed E-state index contributed by atoms with van der Waals surface area (Å²) in [7, 11) is 0. The first kappa shape index (κ1) is 17.9. The molecule has 120 valence electrons. The summed E-state index contributed by atoms with van der Waals surface area (Å²) in [5.41, 5.74) is 3.62. The number of hydrogen-bond donors (Lipinski definition) is 1. The zero-order chi connectivity index (χ0) is 16.4. The van der Waals surface area contributed by atoms with Gasteiger partial charge in [-0.15, -0.1) is 0 Å². The predicted molar refractivity (Wildman–Crippen MR) is 87.3 cm³/mol. The van der Waals surface area contributed by atoms with E-state index in [1.165, 1.54) is 6.20 Å². The molecule has 5 nitrogen and oxygen atoms in total. The monoisotopic (exact) mass is 304 g/mol. The summed E-state index contributed by atoms with van der Waals surface area (Å²) in [6, 6.07) is 9.78. The van der Waals surface area contributed by atoms with E-state index in [1.54, 1.807) is 13.0 Å². The molecule has 0 bridgehead atoms. The zero-order valence-corrected chi connectivity index (χ0v) is 13.6. The van der Waals surface area contributed by atoms with Crippen molar-refractivity contribution < 1.29 is 14.4 Å². The number of nitrogens with zero attached hydrogens (tertiary/aromatic N) is 1. The standard InChI is InChI=1S/C17H24N2O3/c1-5-21-16(20)15(19-17(2,3)4)11-12-18-22-13-14-9-7-6-8-10-14/h6-12,18H,5,13H2,1-4H3/b12-11+,19-15?. The van der Waals surface area contributed by atoms with E-state index in [9.17, 15) is 4.79 Å². The fourth-order valence-corrected chi connectivity index (χ4v) is 1.58. The third-order valence-corrected chi connectivity index (χ3v) is 2.41. The molecule has 0 fully saturated rings. The van der Waals surface area contributed by atoms with E-state index >= 15 is 0 Å². The fraction of sp³-hybridized carbons (Fsp3) is 0.412. The molecule has 0 amide bonds. The van der Waals surface area contributed by atoms with Gasteiger partial charge in [-0.3, -0.25) is 15.3 Å². The normalized spacial score (nSPS) is 12.5. The smallest absolute Gasteiger partial charge is 0.356 e. The van der Waals surface area contributed by atoms with E-state index in [1.807, 2.05) is 51.1 Å². The number of carbonyl (C=O) groups excluding carboxylic acids is 1. The summed E-state index contributed by atoms with van der Waals surface area (Å²) in [4.78, 5) is 21.5. The minimum atomic E-state index is -0.446. The van der Waals surface area contributed by atoms with Gasteiger partial charge in [0, 0.05) is 6.20 Å². The SMILES string of the molecule is CCOC(=O)C(/C=C/NOCc1ccccc1)=NC(C)(C)C. The lowest BCUT2D eigenvalue weighted by molar-refractivity contribution is -0.134. The molecule has 0 saturated carbocycles. The molecular formula is C17H24N2O3. The Labute approximate surface area is 132 Å². The Balaban J connectivity index is 2.54. The van der Waals surface area contributed by atoms with E-state index in [-0.39, 0.29) is 11.3 Å². The Bertz CT molecular complexity index is 516. The quantitative estimate of drug-likeness (QED) is 0.364. The number of hydroxylamine groups is 1. The lowest BCUT2D eigenvalue weighted by atomic mass is 10.1. The summed E-state index contributed by atoms with van der Waals surface area (Å²) < 4.78 is 4.99. The van der Waals surface area contributed by atoms with Crippen molar-refractivity contribution >= 4 is 11.7 Å². The number of nitrogens with one attached hydrogen (secondary N) is 1. The average molecular weight is 304 g/mol. The molecule has 0 heterocycles. The first-order chi connectivity index (χ1) is 10.4. The van der Waals surface area contributed by atoms with Crippen molar-refractivity contribution in [1.82, 2.24) is 5.48 Å². The Morgan fingerprint density at radius 3 is 2.55 bits per heavy atom. The van der Waals surface area contributed by atoms with Crippen molar-refractivity contribution in [2.24, 2.45) is 4.99 Å². The Morgan fingerprint density at radius 1 is 1.27 bits per heavy atom. The highest BCUT2D eigenvalue weighted by Gasteiger charge is 2.15. The third kappa shape index (κ3) is 7.59. The highest BCUT2D eigenvalue weighted by atomic mass is 16.6. The summed E-state index contributed by atoms with van der Waals surface area (Å²) in [6.07, 6.45) is 3.08. The van der Waals surface area contributed by atoms with Crippen LogP contribution in [0.25, 0.3) is 0 Å². The molecule has 1 aromatic carbocycles. The summed E-state index contributed by atoms with van der Waals surface area (Å²) >= 11 is 0. The number of benzene rings is 1. The van der Waals surface area contributed by atoms with Gasteiger partial charge in [0.1, 0.15) is 5.71 Å². The molecule has 0 aromatic heterocycles. The van der Waals surface area contributed by atoms with Gasteiger partial charge in [-0.1, -0.05) is 30.3 Å². The largest absolute Gasteiger partial charge is 0.461 e. The van der Waals surface area contributed by atoms with Crippen molar-refractivity contribution in [3.05, 3.63) is 48.2 Å². The predicted octanol–water partition coefficient (Wildman–Crippen LogP) is 3.02. The van der Waals surface area contributed by atoms with Crippen molar-refractivity contribution in [1.29, 1.82) is 0 Å². The van der Waals surface area contributed by atoms with Gasteiger partial charge in [0.2, 0.25) is 0 Å². The minimum absolute atomic E-state index is 0.255. The zero-order valence-electron chi connectivity index (χ0n) is 13.6. The molecule has 0 aliphatic carbocycles. The number of hydrogen-bond acceptors (Lipinski definition) is 5. The lowest BCUT2D eigenvalue weighted by Crippen LogP contribution is -2.22. The second-order valence-corrected chi connectivity index (χ2v) is 5.61. The Kier molecular flexibility index (Phi) is 7.32. The van der Waals surface area contributed by atoms with Crippen LogP contribution in [0.3, 0.4) is 0 Å². The van der Waals surface area contributed by atoms with Crippen molar-refractivity contribution in [2.45, 2.75) is 39.8 Å². The highest BCUT2D eigenvalue weighted by Crippen LogP contribution is 2.08. The third-order valence-electron chi connectivity index (χ3n) is 2.41. The molecule has 1 N–H and O–H groups in total. The summed E-state index contributed by atoms with van der Waals surface area (Å²) in [6.45, 7) is 8.25. The van der Waals surface area contributed by atoms with Gasteiger partial charge in [-0.2, -0.15) is 0 Å². The van der Waals surface area contributed by atoms with Crippen LogP contribution in [0, 0.1) is 0 Å². The molecule has 22 heavy (non-hydrogen) atoms. The Hall–Kier alpha value is -2.14. The van der Waals surface area contributed by atoms with Crippen LogP contribution in [0.2, 0.25) is 0 Å². The van der Waals surface area contributed by atoms with Gasteiger partial charge >= 0.3 is 5.97 Å².